The Balaban J connectivity index is 2.35. The molecule has 102 valence electrons. The number of nitrogens with one attached hydrogen (secondary N) is 1. The van der Waals surface area contributed by atoms with Crippen molar-refractivity contribution in [1.29, 1.82) is 0 Å². The van der Waals surface area contributed by atoms with Crippen LogP contribution >= 0.6 is 22.9 Å². The zero-order chi connectivity index (χ0) is 14.0. The maximum Gasteiger partial charge on any atom is 0.291 e. The first-order valence-electron chi connectivity index (χ1n) is 4.88. The predicted octanol–water partition coefficient (Wildman–Crippen LogP) is 1.58. The highest BCUT2D eigenvalue weighted by Crippen LogP contribution is 2.29. The van der Waals surface area contributed by atoms with Gasteiger partial charge in [-0.15, -0.1) is 10.2 Å². The summed E-state index contributed by atoms with van der Waals surface area (Å²) in [5.41, 5.74) is 5.54. The van der Waals surface area contributed by atoms with E-state index in [1.165, 1.54) is 19.2 Å². The molecule has 0 aliphatic rings. The fourth-order valence-corrected chi connectivity index (χ4v) is 3.30. The monoisotopic (exact) mass is 320 g/mol. The minimum absolute atomic E-state index is 0.0668. The molecule has 0 saturated carbocycles. The molecule has 7 nitrogen and oxygen atoms in total. The number of anilines is 2. The molecule has 2 rings (SSSR count). The van der Waals surface area contributed by atoms with Gasteiger partial charge < -0.3 is 10.5 Å². The normalized spacial score (nSPS) is 11.3. The van der Waals surface area contributed by atoms with Crippen LogP contribution in [0.1, 0.15) is 0 Å². The van der Waals surface area contributed by atoms with Crippen LogP contribution in [0.15, 0.2) is 22.5 Å². The van der Waals surface area contributed by atoms with Gasteiger partial charge in [-0.3, -0.25) is 4.72 Å². The highest BCUT2D eigenvalue weighted by Gasteiger charge is 2.21. The summed E-state index contributed by atoms with van der Waals surface area (Å²) < 4.78 is 31.1. The zero-order valence-corrected chi connectivity index (χ0v) is 12.0. The molecule has 0 aliphatic carbocycles. The van der Waals surface area contributed by atoms with Crippen molar-refractivity contribution in [2.24, 2.45) is 0 Å². The summed E-state index contributed by atoms with van der Waals surface area (Å²) in [5.74, 6) is 0.471. The Morgan fingerprint density at radius 1 is 1.42 bits per heavy atom. The van der Waals surface area contributed by atoms with Crippen molar-refractivity contribution in [2.75, 3.05) is 17.6 Å². The van der Waals surface area contributed by atoms with Crippen LogP contribution in [-0.4, -0.2) is 25.7 Å². The predicted molar refractivity (Wildman–Crippen MR) is 73.1 cm³/mol. The number of benzene rings is 1. The molecule has 0 amide bonds. The highest BCUT2D eigenvalue weighted by molar-refractivity contribution is 7.94. The summed E-state index contributed by atoms with van der Waals surface area (Å²) in [5, 5.41) is 7.23. The molecule has 1 aromatic heterocycles. The number of nitrogen functional groups attached to an aromatic ring is 1. The Morgan fingerprint density at radius 2 is 2.16 bits per heavy atom. The molecule has 2 aromatic rings. The van der Waals surface area contributed by atoms with Gasteiger partial charge >= 0.3 is 0 Å². The van der Waals surface area contributed by atoms with Crippen molar-refractivity contribution in [3.63, 3.8) is 0 Å². The third-order valence-electron chi connectivity index (χ3n) is 2.07. The first-order chi connectivity index (χ1) is 8.92. The third kappa shape index (κ3) is 3.06. The number of sulfonamides is 1. The Kier molecular flexibility index (Phi) is 3.78. The number of rotatable bonds is 4. The lowest BCUT2D eigenvalue weighted by Gasteiger charge is -2.08. The maximum atomic E-state index is 12.0. The van der Waals surface area contributed by atoms with E-state index < -0.39 is 10.0 Å². The van der Waals surface area contributed by atoms with Crippen LogP contribution < -0.4 is 15.2 Å². The van der Waals surface area contributed by atoms with Crippen molar-refractivity contribution in [1.82, 2.24) is 10.2 Å². The van der Waals surface area contributed by atoms with Crippen molar-refractivity contribution in [2.45, 2.75) is 4.34 Å². The highest BCUT2D eigenvalue weighted by atomic mass is 35.5. The minimum atomic E-state index is -3.87. The van der Waals surface area contributed by atoms with Gasteiger partial charge in [-0.1, -0.05) is 22.9 Å². The van der Waals surface area contributed by atoms with Crippen LogP contribution in [0.25, 0.3) is 0 Å². The Labute approximate surface area is 118 Å². The van der Waals surface area contributed by atoms with E-state index in [2.05, 4.69) is 14.9 Å². The van der Waals surface area contributed by atoms with Crippen LogP contribution in [0.3, 0.4) is 0 Å². The van der Waals surface area contributed by atoms with E-state index in [0.717, 1.165) is 11.3 Å². The number of hydrogen-bond acceptors (Lipinski definition) is 7. The number of hydrogen-bond donors (Lipinski definition) is 2. The molecule has 0 saturated heterocycles. The van der Waals surface area contributed by atoms with E-state index in [0.29, 0.717) is 5.75 Å². The summed E-state index contributed by atoms with van der Waals surface area (Å²) >= 11 is 6.67. The second-order valence-corrected chi connectivity index (χ2v) is 6.63. The van der Waals surface area contributed by atoms with Crippen molar-refractivity contribution >= 4 is 43.8 Å². The molecule has 1 aromatic carbocycles. The van der Waals surface area contributed by atoms with Gasteiger partial charge in [0.25, 0.3) is 14.4 Å². The maximum absolute atomic E-state index is 12.0. The van der Waals surface area contributed by atoms with E-state index in [4.69, 9.17) is 22.1 Å². The first-order valence-corrected chi connectivity index (χ1v) is 7.55. The molecule has 1 heterocycles. The molecule has 0 atom stereocenters. The average molecular weight is 321 g/mol. The van der Waals surface area contributed by atoms with Crippen LogP contribution in [0, 0.1) is 0 Å². The quantitative estimate of drug-likeness (QED) is 0.885. The fourth-order valence-electron chi connectivity index (χ4n) is 1.23. The van der Waals surface area contributed by atoms with E-state index in [1.54, 1.807) is 6.07 Å². The van der Waals surface area contributed by atoms with Gasteiger partial charge in [0.1, 0.15) is 5.75 Å². The summed E-state index contributed by atoms with van der Waals surface area (Å²) in [4.78, 5) is 0. The summed E-state index contributed by atoms with van der Waals surface area (Å²) in [7, 11) is -2.40. The lowest BCUT2D eigenvalue weighted by molar-refractivity contribution is 0.415. The fraction of sp³-hybridized carbons (Fsp3) is 0.111. The summed E-state index contributed by atoms with van der Waals surface area (Å²) in [6.45, 7) is 0. The van der Waals surface area contributed by atoms with E-state index in [-0.39, 0.29) is 20.2 Å². The number of methoxy groups -OCH3 is 1. The molecule has 19 heavy (non-hydrogen) atoms. The summed E-state index contributed by atoms with van der Waals surface area (Å²) in [6, 6.07) is 4.60. The van der Waals surface area contributed by atoms with Gasteiger partial charge in [0.2, 0.25) is 5.13 Å². The molecule has 3 N–H and O–H groups in total. The molecule has 10 heteroatoms. The minimum Gasteiger partial charge on any atom is -0.497 e. The molecule has 0 aliphatic heterocycles. The second-order valence-electron chi connectivity index (χ2n) is 3.36. The Morgan fingerprint density at radius 3 is 2.74 bits per heavy atom. The van der Waals surface area contributed by atoms with Crippen molar-refractivity contribution < 1.29 is 13.2 Å². The molecule has 0 spiro atoms. The van der Waals surface area contributed by atoms with Gasteiger partial charge in [0.05, 0.1) is 17.8 Å². The van der Waals surface area contributed by atoms with E-state index in [9.17, 15) is 8.42 Å². The number of aromatic nitrogens is 2. The Bertz CT molecular complexity index is 701. The van der Waals surface area contributed by atoms with Gasteiger partial charge in [-0.25, -0.2) is 0 Å². The standard InChI is InChI=1S/C9H9ClN4O3S2/c1-17-5-2-3-6(10)7(4-5)14-19(15,16)9-13-12-8(11)18-9/h2-4,14H,1H3,(H2,11,12). The molecular weight excluding hydrogens is 312 g/mol. The number of nitrogens with zero attached hydrogens (tertiary/aromatic N) is 2. The third-order valence-corrected chi connectivity index (χ3v) is 4.88. The van der Waals surface area contributed by atoms with Crippen LogP contribution in [-0.2, 0) is 10.0 Å². The number of ether oxygens (including phenoxy) is 1. The smallest absolute Gasteiger partial charge is 0.291 e. The molecule has 0 radical (unpaired) electrons. The lowest BCUT2D eigenvalue weighted by atomic mass is 10.3. The van der Waals surface area contributed by atoms with Crippen LogP contribution in [0.5, 0.6) is 5.75 Å². The van der Waals surface area contributed by atoms with Crippen molar-refractivity contribution in [3.8, 4) is 5.75 Å². The molecule has 0 unspecified atom stereocenters. The van der Waals surface area contributed by atoms with Crippen LogP contribution in [0.2, 0.25) is 5.02 Å². The van der Waals surface area contributed by atoms with Gasteiger partial charge in [0, 0.05) is 6.07 Å². The topological polar surface area (TPSA) is 107 Å². The number of nitrogens with two attached hydrogens (primary N) is 1. The molecule has 0 fully saturated rings. The molecule has 0 bridgehead atoms. The Hall–Kier alpha value is -1.58. The average Bonchev–Trinajstić information content (AvgIpc) is 2.79. The second kappa shape index (κ2) is 5.19. The van der Waals surface area contributed by atoms with Gasteiger partial charge in [0.15, 0.2) is 0 Å². The van der Waals surface area contributed by atoms with Crippen molar-refractivity contribution in [3.05, 3.63) is 23.2 Å². The largest absolute Gasteiger partial charge is 0.497 e. The van der Waals surface area contributed by atoms with Crippen LogP contribution in [0.4, 0.5) is 10.8 Å². The van der Waals surface area contributed by atoms with E-state index in [1.807, 2.05) is 0 Å². The first kappa shape index (κ1) is 13.8. The summed E-state index contributed by atoms with van der Waals surface area (Å²) in [6.07, 6.45) is 0. The lowest BCUT2D eigenvalue weighted by Crippen LogP contribution is -2.13. The zero-order valence-electron chi connectivity index (χ0n) is 9.62. The van der Waals surface area contributed by atoms with E-state index >= 15 is 0 Å². The van der Waals surface area contributed by atoms with Gasteiger partial charge in [-0.05, 0) is 12.1 Å². The molecular formula is C9H9ClN4O3S2. The SMILES string of the molecule is COc1ccc(Cl)c(NS(=O)(=O)c2nnc(N)s2)c1. The number of halogens is 1. The van der Waals surface area contributed by atoms with Gasteiger partial charge in [-0.2, -0.15) is 8.42 Å².